The fourth-order valence-corrected chi connectivity index (χ4v) is 1.99. The number of hydrogen-bond donors (Lipinski definition) is 0. The molecule has 5 heteroatoms. The smallest absolute Gasteiger partial charge is 0.239 e. The van der Waals surface area contributed by atoms with Gasteiger partial charge in [-0.25, -0.2) is 0 Å². The summed E-state index contributed by atoms with van der Waals surface area (Å²) >= 11 is 0. The lowest BCUT2D eigenvalue weighted by atomic mass is 10.1. The lowest BCUT2D eigenvalue weighted by Crippen LogP contribution is -2.55. The van der Waals surface area contributed by atoms with Gasteiger partial charge in [0, 0.05) is 13.1 Å². The van der Waals surface area contributed by atoms with E-state index in [0.717, 1.165) is 16.5 Å². The molecule has 0 saturated carbocycles. The summed E-state index contributed by atoms with van der Waals surface area (Å²) < 4.78 is 7.63. The van der Waals surface area contributed by atoms with Crippen LogP contribution < -0.4 is 15.1 Å². The van der Waals surface area contributed by atoms with Gasteiger partial charge in [0.15, 0.2) is 6.20 Å². The van der Waals surface area contributed by atoms with Gasteiger partial charge in [-0.3, -0.25) is 0 Å². The van der Waals surface area contributed by atoms with Crippen LogP contribution in [0, 0.1) is 4.91 Å². The number of aromatic nitrogens is 1. The van der Waals surface area contributed by atoms with Crippen LogP contribution in [0.15, 0.2) is 23.5 Å². The maximum atomic E-state index is 10.5. The third-order valence-corrected chi connectivity index (χ3v) is 3.41. The molecule has 0 amide bonds. The molecule has 1 fully saturated rings. The molecule has 0 bridgehead atoms. The molecular weight excluding hydrogens is 230 g/mol. The highest BCUT2D eigenvalue weighted by atomic mass is 16.5. The molecule has 0 N–H and O–H groups in total. The van der Waals surface area contributed by atoms with Gasteiger partial charge in [-0.2, -0.15) is 4.57 Å². The van der Waals surface area contributed by atoms with Crippen molar-refractivity contribution in [2.45, 2.75) is 19.4 Å². The Morgan fingerprint density at radius 1 is 1.56 bits per heavy atom. The second-order valence-corrected chi connectivity index (χ2v) is 5.12. The van der Waals surface area contributed by atoms with E-state index in [1.807, 2.05) is 37.0 Å². The highest BCUT2D eigenvalue weighted by Crippen LogP contribution is 2.26. The molecule has 0 radical (unpaired) electrons. The summed E-state index contributed by atoms with van der Waals surface area (Å²) in [6, 6.07) is 3.86. The van der Waals surface area contributed by atoms with Crippen LogP contribution >= 0.6 is 0 Å². The topological polar surface area (TPSA) is 45.8 Å². The molecule has 18 heavy (non-hydrogen) atoms. The zero-order chi connectivity index (χ0) is 13.3. The Morgan fingerprint density at radius 3 is 2.83 bits per heavy atom. The lowest BCUT2D eigenvalue weighted by Gasteiger charge is -2.25. The molecule has 1 aliphatic heterocycles. The maximum absolute atomic E-state index is 10.5. The predicted octanol–water partition coefficient (Wildman–Crippen LogP) is -0.178. The van der Waals surface area contributed by atoms with Crippen LogP contribution in [0.1, 0.15) is 13.8 Å². The molecule has 1 saturated heterocycles. The monoisotopic (exact) mass is 248 g/mol. The van der Waals surface area contributed by atoms with E-state index in [1.165, 1.54) is 6.20 Å². The summed E-state index contributed by atoms with van der Waals surface area (Å²) in [4.78, 5) is 12.6. The standard InChI is InChI=1S/C13H18N3O2/c1-13(2)9-18-12(16(13)4)10-6-5-7-15(3)11(10)8-14-17/h5-8H,9H2,1-4H3/q+1/b11-8-. The third kappa shape index (κ3) is 1.96. The summed E-state index contributed by atoms with van der Waals surface area (Å²) in [6.07, 6.45) is 3.19. The molecule has 0 unspecified atom stereocenters. The van der Waals surface area contributed by atoms with Crippen LogP contribution in [0.3, 0.4) is 0 Å². The van der Waals surface area contributed by atoms with Gasteiger partial charge in [0.05, 0.1) is 5.54 Å². The van der Waals surface area contributed by atoms with E-state index in [2.05, 4.69) is 23.9 Å². The number of nitrogens with zero attached hydrogens (tertiary/aromatic N) is 3. The Kier molecular flexibility index (Phi) is 3.07. The normalized spacial score (nSPS) is 22.0. The summed E-state index contributed by atoms with van der Waals surface area (Å²) in [5.41, 5.74) is -0.0460. The first kappa shape index (κ1) is 12.5. The average molecular weight is 248 g/mol. The van der Waals surface area contributed by atoms with E-state index in [4.69, 9.17) is 4.74 Å². The number of rotatable bonds is 1. The minimum absolute atomic E-state index is 0.0460. The van der Waals surface area contributed by atoms with Crippen LogP contribution in [0.4, 0.5) is 0 Å². The Labute approximate surface area is 106 Å². The SMILES string of the molecule is CN1/C(=c2\ccc[n+](C)\c2=C/N=O)OCC1(C)C. The number of ether oxygens (including phenoxy) is 1. The number of nitroso groups, excluding NO2 is 1. The first-order valence-corrected chi connectivity index (χ1v) is 5.85. The van der Waals surface area contributed by atoms with Crippen molar-refractivity contribution in [2.24, 2.45) is 12.2 Å². The molecule has 2 rings (SSSR count). The van der Waals surface area contributed by atoms with Crippen LogP contribution in [-0.2, 0) is 11.8 Å². The maximum Gasteiger partial charge on any atom is 0.239 e. The van der Waals surface area contributed by atoms with Crippen molar-refractivity contribution < 1.29 is 9.30 Å². The molecule has 1 aromatic heterocycles. The van der Waals surface area contributed by atoms with E-state index >= 15 is 0 Å². The second-order valence-electron chi connectivity index (χ2n) is 5.12. The number of hydrogen-bond acceptors (Lipinski definition) is 4. The van der Waals surface area contributed by atoms with E-state index in [9.17, 15) is 4.91 Å². The quantitative estimate of drug-likeness (QED) is 0.512. The molecule has 2 heterocycles. The summed E-state index contributed by atoms with van der Waals surface area (Å²) in [7, 11) is 3.87. The largest absolute Gasteiger partial charge is 0.476 e. The summed E-state index contributed by atoms with van der Waals surface area (Å²) in [5, 5.41) is 4.50. The first-order chi connectivity index (χ1) is 8.47. The minimum atomic E-state index is -0.0460. The van der Waals surface area contributed by atoms with Crippen molar-refractivity contribution in [1.29, 1.82) is 0 Å². The molecular formula is C13H18N3O2+. The fourth-order valence-electron chi connectivity index (χ4n) is 1.99. The van der Waals surface area contributed by atoms with Gasteiger partial charge in [0.1, 0.15) is 25.1 Å². The Hall–Kier alpha value is -1.91. The Balaban J connectivity index is 2.77. The number of aryl methyl sites for hydroxylation is 1. The average Bonchev–Trinajstić information content (AvgIpc) is 2.58. The van der Waals surface area contributed by atoms with Crippen molar-refractivity contribution in [3.63, 3.8) is 0 Å². The highest BCUT2D eigenvalue weighted by molar-refractivity contribution is 5.39. The summed E-state index contributed by atoms with van der Waals surface area (Å²) in [5.74, 6) is 0.783. The summed E-state index contributed by atoms with van der Waals surface area (Å²) in [6.45, 7) is 4.86. The van der Waals surface area contributed by atoms with Crippen molar-refractivity contribution in [3.05, 3.63) is 33.8 Å². The zero-order valence-corrected chi connectivity index (χ0v) is 11.2. The molecule has 0 atom stereocenters. The van der Waals surface area contributed by atoms with Crippen LogP contribution in [0.2, 0.25) is 0 Å². The molecule has 0 spiro atoms. The predicted molar refractivity (Wildman–Crippen MR) is 68.3 cm³/mol. The molecule has 96 valence electrons. The van der Waals surface area contributed by atoms with Crippen LogP contribution in [0.25, 0.3) is 12.1 Å². The van der Waals surface area contributed by atoms with Crippen LogP contribution in [0.5, 0.6) is 0 Å². The number of pyridine rings is 1. The molecule has 5 nitrogen and oxygen atoms in total. The molecule has 0 aromatic carbocycles. The van der Waals surface area contributed by atoms with Gasteiger partial charge < -0.3 is 9.64 Å². The van der Waals surface area contributed by atoms with E-state index in [0.29, 0.717) is 6.61 Å². The van der Waals surface area contributed by atoms with Gasteiger partial charge in [0.25, 0.3) is 0 Å². The Morgan fingerprint density at radius 2 is 2.28 bits per heavy atom. The van der Waals surface area contributed by atoms with Gasteiger partial charge in [-0.15, -0.1) is 4.91 Å². The molecule has 0 aliphatic carbocycles. The van der Waals surface area contributed by atoms with Crippen molar-refractivity contribution >= 4 is 12.1 Å². The Bertz CT molecular complexity index is 593. The zero-order valence-electron chi connectivity index (χ0n) is 11.2. The minimum Gasteiger partial charge on any atom is -0.476 e. The fraction of sp³-hybridized carbons (Fsp3) is 0.462. The number of likely N-dealkylation sites (N-methyl/N-ethyl adjacent to an activating group) is 1. The van der Waals surface area contributed by atoms with E-state index in [-0.39, 0.29) is 5.54 Å². The van der Waals surface area contributed by atoms with Crippen LogP contribution in [-0.4, -0.2) is 24.1 Å². The van der Waals surface area contributed by atoms with Gasteiger partial charge in [0.2, 0.25) is 11.2 Å². The van der Waals surface area contributed by atoms with Gasteiger partial charge >= 0.3 is 0 Å². The second kappa shape index (κ2) is 4.40. The van der Waals surface area contributed by atoms with E-state index < -0.39 is 0 Å². The van der Waals surface area contributed by atoms with Gasteiger partial charge in [-0.05, 0) is 25.1 Å². The van der Waals surface area contributed by atoms with Crippen molar-refractivity contribution in [1.82, 2.24) is 4.90 Å². The van der Waals surface area contributed by atoms with Crippen molar-refractivity contribution in [2.75, 3.05) is 13.7 Å². The lowest BCUT2D eigenvalue weighted by molar-refractivity contribution is -0.685. The molecule has 1 aliphatic rings. The van der Waals surface area contributed by atoms with Crippen molar-refractivity contribution in [3.8, 4) is 0 Å². The van der Waals surface area contributed by atoms with Gasteiger partial charge in [-0.1, -0.05) is 0 Å². The van der Waals surface area contributed by atoms with E-state index in [1.54, 1.807) is 0 Å². The highest BCUT2D eigenvalue weighted by Gasteiger charge is 2.34. The molecule has 1 aromatic rings. The third-order valence-electron chi connectivity index (χ3n) is 3.41. The first-order valence-electron chi connectivity index (χ1n) is 5.85.